The molecule has 0 atom stereocenters. The van der Waals surface area contributed by atoms with Crippen molar-refractivity contribution in [3.05, 3.63) is 81.0 Å². The summed E-state index contributed by atoms with van der Waals surface area (Å²) in [5.41, 5.74) is 0.967. The molecule has 38 heavy (non-hydrogen) atoms. The molecule has 0 aromatic heterocycles. The van der Waals surface area contributed by atoms with E-state index in [0.717, 1.165) is 10.9 Å². The van der Waals surface area contributed by atoms with Gasteiger partial charge in [-0.1, -0.05) is 83.4 Å². The number of hydrogen-bond acceptors (Lipinski definition) is 10. The van der Waals surface area contributed by atoms with Crippen LogP contribution in [0.1, 0.15) is 5.56 Å². The summed E-state index contributed by atoms with van der Waals surface area (Å²) in [6.45, 7) is 0. The molecule has 2 nitrogen and oxygen atoms in total. The molecule has 2 heterocycles. The van der Waals surface area contributed by atoms with Gasteiger partial charge in [-0.25, -0.2) is 0 Å². The van der Waals surface area contributed by atoms with Gasteiger partial charge in [0.1, 0.15) is 17.7 Å². The molecule has 0 aliphatic carbocycles. The smallest absolute Gasteiger partial charge is 0.130 e. The first-order valence-corrected chi connectivity index (χ1v) is 19.3. The van der Waals surface area contributed by atoms with Crippen molar-refractivity contribution in [2.45, 2.75) is 0 Å². The van der Waals surface area contributed by atoms with Gasteiger partial charge in [0.15, 0.2) is 0 Å². The van der Waals surface area contributed by atoms with E-state index in [1.807, 2.05) is 88.8 Å². The topological polar surface area (TPSA) is 47.6 Å². The van der Waals surface area contributed by atoms with Crippen LogP contribution in [0.5, 0.6) is 0 Å². The van der Waals surface area contributed by atoms with E-state index in [0.29, 0.717) is 0 Å². The summed E-state index contributed by atoms with van der Waals surface area (Å²) in [7, 11) is 0. The Morgan fingerprint density at radius 2 is 1.05 bits per heavy atom. The van der Waals surface area contributed by atoms with E-state index in [2.05, 4.69) is 61.4 Å². The van der Waals surface area contributed by atoms with Crippen molar-refractivity contribution < 1.29 is 0 Å². The highest BCUT2D eigenvalue weighted by molar-refractivity contribution is 8.46. The average molecular weight is 641 g/mol. The Morgan fingerprint density at radius 1 is 0.632 bits per heavy atom. The number of hydrogen-bond donors (Lipinski definition) is 0. The highest BCUT2D eigenvalue weighted by Gasteiger charge is 2.25. The fourth-order valence-corrected chi connectivity index (χ4v) is 14.5. The van der Waals surface area contributed by atoms with Crippen LogP contribution in [-0.4, -0.2) is 25.0 Å². The van der Waals surface area contributed by atoms with Gasteiger partial charge in [0.25, 0.3) is 0 Å². The molecule has 0 amide bonds. The van der Waals surface area contributed by atoms with Crippen molar-refractivity contribution in [1.82, 2.24) is 0 Å². The number of fused-ring (bicyclic) bond motifs is 2. The van der Waals surface area contributed by atoms with Gasteiger partial charge >= 0.3 is 0 Å². The quantitative estimate of drug-likeness (QED) is 0.199. The molecule has 3 aromatic rings. The first kappa shape index (κ1) is 28.4. The molecular formula is C28H20N2S8. The van der Waals surface area contributed by atoms with E-state index >= 15 is 0 Å². The van der Waals surface area contributed by atoms with E-state index in [4.69, 9.17) is 0 Å². The Hall–Kier alpha value is -1.08. The fraction of sp³-hybridized carbons (Fsp3) is 0.143. The first-order chi connectivity index (χ1) is 18.6. The van der Waals surface area contributed by atoms with Crippen molar-refractivity contribution in [2.75, 3.05) is 25.0 Å². The van der Waals surface area contributed by atoms with E-state index in [9.17, 15) is 10.5 Å². The van der Waals surface area contributed by atoms with Crippen LogP contribution in [0.4, 0.5) is 0 Å². The number of thioether (sulfide) groups is 8. The zero-order chi connectivity index (χ0) is 26.8. The molecule has 10 heteroatoms. The second-order valence-corrected chi connectivity index (χ2v) is 16.7. The van der Waals surface area contributed by atoms with E-state index in [1.54, 1.807) is 29.6 Å². The molecule has 0 fully saturated rings. The molecule has 5 rings (SSSR count). The van der Waals surface area contributed by atoms with E-state index in [-0.39, 0.29) is 5.57 Å². The summed E-state index contributed by atoms with van der Waals surface area (Å²) in [6.07, 6.45) is 10.3. The van der Waals surface area contributed by atoms with Crippen LogP contribution in [-0.2, 0) is 0 Å². The van der Waals surface area contributed by atoms with Gasteiger partial charge in [0.05, 0.1) is 25.4 Å². The van der Waals surface area contributed by atoms with Gasteiger partial charge in [0, 0.05) is 10.4 Å². The first-order valence-electron chi connectivity index (χ1n) is 11.2. The zero-order valence-corrected chi connectivity index (χ0v) is 27.3. The van der Waals surface area contributed by atoms with Gasteiger partial charge in [-0.15, -0.1) is 47.0 Å². The maximum Gasteiger partial charge on any atom is 0.130 e. The molecule has 0 spiro atoms. The van der Waals surface area contributed by atoms with Crippen LogP contribution in [0.15, 0.2) is 65.0 Å². The summed E-state index contributed by atoms with van der Waals surface area (Å²) in [5, 5.41) is 26.1. The summed E-state index contributed by atoms with van der Waals surface area (Å²) >= 11 is 14.6. The third kappa shape index (κ3) is 5.32. The number of nitriles is 2. The van der Waals surface area contributed by atoms with Gasteiger partial charge in [-0.05, 0) is 64.3 Å². The lowest BCUT2D eigenvalue weighted by Gasteiger charge is -2.12. The van der Waals surface area contributed by atoms with Gasteiger partial charge in [0.2, 0.25) is 0 Å². The minimum Gasteiger partial charge on any atom is -0.192 e. The Labute approximate surface area is 256 Å². The summed E-state index contributed by atoms with van der Waals surface area (Å²) in [4.78, 5) is 0. The molecule has 2 aliphatic rings. The van der Waals surface area contributed by atoms with Crippen LogP contribution in [0.2, 0.25) is 0 Å². The Morgan fingerprint density at radius 3 is 1.47 bits per heavy atom. The molecule has 0 saturated heterocycles. The highest BCUT2D eigenvalue weighted by atomic mass is 32.3. The lowest BCUT2D eigenvalue weighted by Crippen LogP contribution is -2.17. The number of nitrogens with zero attached hydrogens (tertiary/aromatic N) is 2. The van der Waals surface area contributed by atoms with Crippen molar-refractivity contribution in [3.63, 3.8) is 0 Å². The molecule has 0 unspecified atom stereocenters. The molecular weight excluding hydrogens is 621 g/mol. The molecule has 190 valence electrons. The lowest BCUT2D eigenvalue weighted by molar-refractivity contribution is 1.47. The third-order valence-corrected chi connectivity index (χ3v) is 16.3. The van der Waals surface area contributed by atoms with E-state index < -0.39 is 0 Å². The molecule has 0 N–H and O–H groups in total. The second kappa shape index (κ2) is 12.6. The Bertz CT molecular complexity index is 1740. The molecule has 3 aromatic carbocycles. The van der Waals surface area contributed by atoms with Crippen LogP contribution >= 0.6 is 94.1 Å². The second-order valence-electron chi connectivity index (χ2n) is 7.83. The SMILES string of the molecule is CSC1=C(SC)SC(=c2c3ccccc3c(=C3SC(SC)=C(SC)S3)c3cc(C=C(C#N)C#N)ccc23)S1. The summed E-state index contributed by atoms with van der Waals surface area (Å²) in [5.74, 6) is 0. The van der Waals surface area contributed by atoms with Crippen molar-refractivity contribution in [1.29, 1.82) is 10.5 Å². The maximum absolute atomic E-state index is 9.39. The number of allylic oxidation sites excluding steroid dienone is 1. The predicted octanol–water partition coefficient (Wildman–Crippen LogP) is 9.22. The average Bonchev–Trinajstić information content (AvgIpc) is 3.57. The maximum atomic E-state index is 9.39. The molecule has 0 saturated carbocycles. The minimum absolute atomic E-state index is 0.106. The summed E-state index contributed by atoms with van der Waals surface area (Å²) in [6, 6.07) is 19.1. The minimum atomic E-state index is 0.106. The largest absolute Gasteiger partial charge is 0.192 e. The molecule has 2 aliphatic heterocycles. The normalized spacial score (nSPS) is 15.5. The Kier molecular flexibility index (Phi) is 9.45. The van der Waals surface area contributed by atoms with E-state index in [1.165, 1.54) is 52.0 Å². The highest BCUT2D eigenvalue weighted by Crippen LogP contribution is 2.58. The van der Waals surface area contributed by atoms with Gasteiger partial charge in [-0.3, -0.25) is 0 Å². The van der Waals surface area contributed by atoms with Crippen LogP contribution in [0, 0.1) is 22.7 Å². The van der Waals surface area contributed by atoms with Gasteiger partial charge in [-0.2, -0.15) is 10.5 Å². The van der Waals surface area contributed by atoms with Crippen molar-refractivity contribution >= 4 is 130 Å². The lowest BCUT2D eigenvalue weighted by atomic mass is 9.97. The monoisotopic (exact) mass is 640 g/mol. The van der Waals surface area contributed by atoms with Crippen LogP contribution in [0.3, 0.4) is 0 Å². The van der Waals surface area contributed by atoms with Crippen molar-refractivity contribution in [3.8, 4) is 12.1 Å². The van der Waals surface area contributed by atoms with Gasteiger partial charge < -0.3 is 0 Å². The molecule has 0 bridgehead atoms. The van der Waals surface area contributed by atoms with Crippen LogP contribution in [0.25, 0.3) is 36.1 Å². The van der Waals surface area contributed by atoms with Crippen LogP contribution < -0.4 is 10.4 Å². The standard InChI is InChI=1S/C28H20N2S8/c1-31-25-26(32-2)36-23(35-25)21-17-7-5-6-8-18(17)22(24-37-27(33-3)28(34-4)38-24)20-12-15(9-10-19(20)21)11-16(13-29)14-30/h5-12H,1-4H3. The Balaban J connectivity index is 1.94. The fourth-order valence-electron chi connectivity index (χ4n) is 4.23. The zero-order valence-electron chi connectivity index (χ0n) is 20.8. The van der Waals surface area contributed by atoms with Crippen molar-refractivity contribution in [2.24, 2.45) is 0 Å². The third-order valence-electron chi connectivity index (χ3n) is 5.82. The predicted molar refractivity (Wildman–Crippen MR) is 185 cm³/mol. The summed E-state index contributed by atoms with van der Waals surface area (Å²) < 4.78 is 7.94. The molecule has 0 radical (unpaired) electrons. The number of benzene rings is 3. The number of rotatable bonds is 5.